The quantitative estimate of drug-likeness (QED) is 0.915. The maximum absolute atomic E-state index is 12.4. The number of carbonyl (C=O) groups excluding carboxylic acids is 1. The molecule has 0 spiro atoms. The van der Waals surface area contributed by atoms with Gasteiger partial charge in [0, 0.05) is 37.5 Å². The van der Waals surface area contributed by atoms with Gasteiger partial charge in [-0.15, -0.1) is 0 Å². The average molecular weight is 344 g/mol. The molecule has 1 saturated carbocycles. The van der Waals surface area contributed by atoms with E-state index >= 15 is 0 Å². The molecule has 5 heteroatoms. The molecule has 2 aliphatic heterocycles. The van der Waals surface area contributed by atoms with Crippen molar-refractivity contribution in [2.75, 3.05) is 18.1 Å². The maximum Gasteiger partial charge on any atom is 0.224 e. The van der Waals surface area contributed by atoms with Crippen molar-refractivity contribution in [3.8, 4) is 5.75 Å². The fourth-order valence-electron chi connectivity index (χ4n) is 4.43. The van der Waals surface area contributed by atoms with Gasteiger partial charge in [-0.3, -0.25) is 4.79 Å². The van der Waals surface area contributed by atoms with Crippen LogP contribution in [0, 0.1) is 11.8 Å². The Morgan fingerprint density at radius 3 is 2.60 bits per heavy atom. The van der Waals surface area contributed by atoms with E-state index in [1.54, 1.807) is 6.92 Å². The molecule has 1 aromatic rings. The topological polar surface area (TPSA) is 64.8 Å². The molecule has 5 nitrogen and oxygen atoms in total. The highest BCUT2D eigenvalue weighted by Crippen LogP contribution is 2.49. The van der Waals surface area contributed by atoms with Crippen LogP contribution in [0.15, 0.2) is 18.2 Å². The third kappa shape index (κ3) is 3.15. The third-order valence-corrected chi connectivity index (χ3v) is 5.94. The summed E-state index contributed by atoms with van der Waals surface area (Å²) >= 11 is 0. The first-order chi connectivity index (χ1) is 12.1. The summed E-state index contributed by atoms with van der Waals surface area (Å²) in [7, 11) is 0. The molecule has 0 aromatic heterocycles. The van der Waals surface area contributed by atoms with Crippen LogP contribution in [0.3, 0.4) is 0 Å². The first-order valence-electron chi connectivity index (χ1n) is 9.50. The van der Waals surface area contributed by atoms with Gasteiger partial charge in [0.2, 0.25) is 5.91 Å². The highest BCUT2D eigenvalue weighted by Gasteiger charge is 2.46. The molecule has 0 bridgehead atoms. The van der Waals surface area contributed by atoms with Crippen LogP contribution in [0.2, 0.25) is 0 Å². The lowest BCUT2D eigenvalue weighted by Crippen LogP contribution is -2.51. The largest absolute Gasteiger partial charge is 0.490 e. The van der Waals surface area contributed by atoms with Crippen molar-refractivity contribution in [1.82, 2.24) is 0 Å². The molecule has 1 unspecified atom stereocenters. The van der Waals surface area contributed by atoms with Crippen LogP contribution in [0.25, 0.3) is 0 Å². The van der Waals surface area contributed by atoms with Crippen LogP contribution >= 0.6 is 0 Å². The van der Waals surface area contributed by atoms with Crippen molar-refractivity contribution < 1.29 is 14.3 Å². The van der Waals surface area contributed by atoms with Gasteiger partial charge in [-0.05, 0) is 48.4 Å². The van der Waals surface area contributed by atoms with E-state index in [0.717, 1.165) is 43.1 Å². The van der Waals surface area contributed by atoms with E-state index in [4.69, 9.17) is 15.2 Å². The number of ether oxygens (including phenoxy) is 2. The number of nitrogens with zero attached hydrogens (tertiary/aromatic N) is 1. The molecule has 1 amide bonds. The Kier molecular flexibility index (Phi) is 4.46. The summed E-state index contributed by atoms with van der Waals surface area (Å²) in [4.78, 5) is 14.4. The number of rotatable bonds is 3. The van der Waals surface area contributed by atoms with Crippen molar-refractivity contribution in [3.63, 3.8) is 0 Å². The van der Waals surface area contributed by atoms with E-state index in [2.05, 4.69) is 6.92 Å². The van der Waals surface area contributed by atoms with Crippen molar-refractivity contribution >= 4 is 11.6 Å². The Hall–Kier alpha value is -1.59. The highest BCUT2D eigenvalue weighted by molar-refractivity contribution is 5.94. The van der Waals surface area contributed by atoms with E-state index in [1.165, 1.54) is 12.8 Å². The van der Waals surface area contributed by atoms with Gasteiger partial charge >= 0.3 is 0 Å². The molecule has 3 aliphatic rings. The van der Waals surface area contributed by atoms with Gasteiger partial charge in [0.1, 0.15) is 11.9 Å². The van der Waals surface area contributed by atoms with Crippen molar-refractivity contribution in [2.24, 2.45) is 17.6 Å². The SMILES string of the molecule is CC(=O)N1c2ccc(OC3CCOCC3)cc2[C@H](N)[C@@H](C)C1C1CC1. The Morgan fingerprint density at radius 2 is 1.96 bits per heavy atom. The minimum atomic E-state index is -0.0607. The molecular formula is C20H28N2O3. The maximum atomic E-state index is 12.4. The van der Waals surface area contributed by atoms with E-state index in [1.807, 2.05) is 23.1 Å². The van der Waals surface area contributed by atoms with Crippen molar-refractivity contribution in [2.45, 2.75) is 57.7 Å². The zero-order chi connectivity index (χ0) is 17.6. The smallest absolute Gasteiger partial charge is 0.224 e. The Balaban J connectivity index is 1.64. The number of amides is 1. The second-order valence-electron chi connectivity index (χ2n) is 7.75. The summed E-state index contributed by atoms with van der Waals surface area (Å²) in [6, 6.07) is 6.21. The molecule has 1 aromatic carbocycles. The fourth-order valence-corrected chi connectivity index (χ4v) is 4.43. The zero-order valence-electron chi connectivity index (χ0n) is 15.1. The number of fused-ring (bicyclic) bond motifs is 1. The van der Waals surface area contributed by atoms with Crippen LogP contribution in [-0.2, 0) is 9.53 Å². The molecule has 4 rings (SSSR count). The lowest BCUT2D eigenvalue weighted by atomic mass is 9.80. The summed E-state index contributed by atoms with van der Waals surface area (Å²) < 4.78 is 11.5. The first kappa shape index (κ1) is 16.9. The molecule has 2 fully saturated rings. The van der Waals surface area contributed by atoms with E-state index in [0.29, 0.717) is 5.92 Å². The van der Waals surface area contributed by atoms with Crippen molar-refractivity contribution in [3.05, 3.63) is 23.8 Å². The molecule has 25 heavy (non-hydrogen) atoms. The zero-order valence-corrected chi connectivity index (χ0v) is 15.1. The van der Waals surface area contributed by atoms with Gasteiger partial charge in [-0.25, -0.2) is 0 Å². The summed E-state index contributed by atoms with van der Waals surface area (Å²) in [5, 5.41) is 0. The lowest BCUT2D eigenvalue weighted by molar-refractivity contribution is -0.117. The molecule has 1 aliphatic carbocycles. The normalized spacial score (nSPS) is 30.0. The highest BCUT2D eigenvalue weighted by atomic mass is 16.5. The van der Waals surface area contributed by atoms with Gasteiger partial charge in [-0.2, -0.15) is 0 Å². The average Bonchev–Trinajstić information content (AvgIpc) is 3.43. The van der Waals surface area contributed by atoms with Crippen LogP contribution in [0.1, 0.15) is 51.1 Å². The Labute approximate surface area is 149 Å². The number of nitrogens with two attached hydrogens (primary N) is 1. The second-order valence-corrected chi connectivity index (χ2v) is 7.75. The van der Waals surface area contributed by atoms with Crippen LogP contribution in [0.5, 0.6) is 5.75 Å². The second kappa shape index (κ2) is 6.61. The minimum absolute atomic E-state index is 0.0607. The molecule has 2 heterocycles. The number of benzene rings is 1. The monoisotopic (exact) mass is 344 g/mol. The number of carbonyl (C=O) groups is 1. The molecule has 136 valence electrons. The summed E-state index contributed by atoms with van der Waals surface area (Å²) in [6.07, 6.45) is 4.44. The Morgan fingerprint density at radius 1 is 1.24 bits per heavy atom. The fraction of sp³-hybridized carbons (Fsp3) is 0.650. The predicted octanol–water partition coefficient (Wildman–Crippen LogP) is 3.03. The van der Waals surface area contributed by atoms with Crippen LogP contribution < -0.4 is 15.4 Å². The Bertz CT molecular complexity index is 652. The first-order valence-corrected chi connectivity index (χ1v) is 9.50. The summed E-state index contributed by atoms with van der Waals surface area (Å²) in [5.74, 6) is 1.80. The van der Waals surface area contributed by atoms with Gasteiger partial charge in [0.05, 0.1) is 13.2 Å². The van der Waals surface area contributed by atoms with Gasteiger partial charge in [0.15, 0.2) is 0 Å². The molecule has 0 radical (unpaired) electrons. The van der Waals surface area contributed by atoms with Crippen LogP contribution in [0.4, 0.5) is 5.69 Å². The third-order valence-electron chi connectivity index (χ3n) is 5.94. The van der Waals surface area contributed by atoms with E-state index < -0.39 is 0 Å². The molecule has 1 saturated heterocycles. The number of hydrogen-bond acceptors (Lipinski definition) is 4. The van der Waals surface area contributed by atoms with Gasteiger partial charge < -0.3 is 20.1 Å². The van der Waals surface area contributed by atoms with Gasteiger partial charge in [-0.1, -0.05) is 6.92 Å². The minimum Gasteiger partial charge on any atom is -0.490 e. The predicted molar refractivity (Wildman–Crippen MR) is 96.7 cm³/mol. The van der Waals surface area contributed by atoms with Gasteiger partial charge in [0.25, 0.3) is 0 Å². The van der Waals surface area contributed by atoms with E-state index in [-0.39, 0.29) is 30.0 Å². The number of anilines is 1. The molecular weight excluding hydrogens is 316 g/mol. The molecule has 2 N–H and O–H groups in total. The van der Waals surface area contributed by atoms with Crippen molar-refractivity contribution in [1.29, 1.82) is 0 Å². The molecule has 3 atom stereocenters. The number of hydrogen-bond donors (Lipinski definition) is 1. The van der Waals surface area contributed by atoms with Crippen LogP contribution in [-0.4, -0.2) is 31.3 Å². The standard InChI is InChI=1S/C20H28N2O3/c1-12-19(21)17-11-16(25-15-7-9-24-10-8-15)5-6-18(17)22(13(2)23)20(12)14-3-4-14/h5-6,11-12,14-15,19-20H,3-4,7-10,21H2,1-2H3/t12-,19-,20?/m1/s1. The summed E-state index contributed by atoms with van der Waals surface area (Å²) in [6.45, 7) is 5.36. The summed E-state index contributed by atoms with van der Waals surface area (Å²) in [5.41, 5.74) is 8.60. The van der Waals surface area contributed by atoms with E-state index in [9.17, 15) is 4.79 Å². The lowest BCUT2D eigenvalue weighted by Gasteiger charge is -2.44.